The number of nitro groups is 1. The number of likely N-dealkylation sites (N-methyl/N-ethyl adjacent to an activating group) is 2. The molecule has 0 saturated carbocycles. The highest BCUT2D eigenvalue weighted by Gasteiger charge is 2.17. The Hall–Kier alpha value is -2.44. The predicted octanol–water partition coefficient (Wildman–Crippen LogP) is 1.71. The molecule has 0 aliphatic rings. The summed E-state index contributed by atoms with van der Waals surface area (Å²) < 4.78 is 0. The maximum absolute atomic E-state index is 12.0. The van der Waals surface area contributed by atoms with Gasteiger partial charge in [-0.2, -0.15) is 0 Å². The van der Waals surface area contributed by atoms with E-state index in [9.17, 15) is 19.7 Å². The molecule has 0 spiro atoms. The average Bonchev–Trinajstić information content (AvgIpc) is 2.47. The Bertz CT molecular complexity index is 541. The molecule has 1 amide bonds. The van der Waals surface area contributed by atoms with Gasteiger partial charge in [-0.1, -0.05) is 0 Å². The van der Waals surface area contributed by atoms with Crippen LogP contribution in [0.1, 0.15) is 24.2 Å². The summed E-state index contributed by atoms with van der Waals surface area (Å²) in [7, 11) is 1.71. The van der Waals surface area contributed by atoms with Crippen LogP contribution in [-0.4, -0.2) is 48.7 Å². The lowest BCUT2D eigenvalue weighted by atomic mass is 10.1. The van der Waals surface area contributed by atoms with Crippen LogP contribution in [0.15, 0.2) is 18.2 Å². The van der Waals surface area contributed by atoms with E-state index >= 15 is 0 Å². The molecule has 1 rings (SSSR count). The van der Waals surface area contributed by atoms with E-state index in [0.717, 1.165) is 0 Å². The highest BCUT2D eigenvalue weighted by molar-refractivity contribution is 5.85. The standard InChI is InChI=1S/C14H19N3O4/c1-4-16(5-2)14(19)9-15(3)12-6-7-13(17(20)21)11(8-12)10-18/h6-8,10H,4-5,9H2,1-3H3. The molecule has 0 bridgehead atoms. The van der Waals surface area contributed by atoms with Gasteiger partial charge < -0.3 is 9.80 Å². The number of nitro benzene ring substituents is 1. The number of rotatable bonds is 7. The van der Waals surface area contributed by atoms with Crippen molar-refractivity contribution in [1.29, 1.82) is 0 Å². The van der Waals surface area contributed by atoms with E-state index in [4.69, 9.17) is 0 Å². The smallest absolute Gasteiger partial charge is 0.280 e. The molecule has 0 unspecified atom stereocenters. The Morgan fingerprint density at radius 3 is 2.43 bits per heavy atom. The third kappa shape index (κ3) is 4.01. The van der Waals surface area contributed by atoms with Crippen molar-refractivity contribution in [3.05, 3.63) is 33.9 Å². The fourth-order valence-corrected chi connectivity index (χ4v) is 2.01. The van der Waals surface area contributed by atoms with Gasteiger partial charge in [0.25, 0.3) is 5.69 Å². The van der Waals surface area contributed by atoms with Crippen molar-refractivity contribution in [1.82, 2.24) is 4.90 Å². The molecule has 0 aromatic heterocycles. The number of carbonyl (C=O) groups excluding carboxylic acids is 2. The summed E-state index contributed by atoms with van der Waals surface area (Å²) in [6.45, 7) is 5.21. The van der Waals surface area contributed by atoms with Crippen molar-refractivity contribution in [3.8, 4) is 0 Å². The summed E-state index contributed by atoms with van der Waals surface area (Å²) in [6.07, 6.45) is 0.446. The predicted molar refractivity (Wildman–Crippen MR) is 79.7 cm³/mol. The molecule has 0 saturated heterocycles. The Morgan fingerprint density at radius 1 is 1.33 bits per heavy atom. The van der Waals surface area contributed by atoms with Crippen LogP contribution in [0.2, 0.25) is 0 Å². The van der Waals surface area contributed by atoms with E-state index in [-0.39, 0.29) is 23.7 Å². The van der Waals surface area contributed by atoms with Crippen LogP contribution < -0.4 is 4.90 Å². The summed E-state index contributed by atoms with van der Waals surface area (Å²) >= 11 is 0. The van der Waals surface area contributed by atoms with Crippen molar-refractivity contribution >= 4 is 23.6 Å². The SMILES string of the molecule is CCN(CC)C(=O)CN(C)c1ccc([N+](=O)[O-])c(C=O)c1. The van der Waals surface area contributed by atoms with Crippen molar-refractivity contribution in [2.75, 3.05) is 31.6 Å². The van der Waals surface area contributed by atoms with Crippen LogP contribution in [-0.2, 0) is 4.79 Å². The third-order valence-electron chi connectivity index (χ3n) is 3.26. The van der Waals surface area contributed by atoms with Crippen LogP contribution in [0.4, 0.5) is 11.4 Å². The van der Waals surface area contributed by atoms with Crippen LogP contribution in [0.5, 0.6) is 0 Å². The van der Waals surface area contributed by atoms with E-state index in [1.807, 2.05) is 13.8 Å². The lowest BCUT2D eigenvalue weighted by Gasteiger charge is -2.24. The van der Waals surface area contributed by atoms with Crippen LogP contribution in [0, 0.1) is 10.1 Å². The molecular weight excluding hydrogens is 274 g/mol. The van der Waals surface area contributed by atoms with Crippen LogP contribution in [0.25, 0.3) is 0 Å². The van der Waals surface area contributed by atoms with Crippen molar-refractivity contribution < 1.29 is 14.5 Å². The minimum absolute atomic E-state index is 0.000335. The van der Waals surface area contributed by atoms with Crippen LogP contribution >= 0.6 is 0 Å². The van der Waals surface area contributed by atoms with Gasteiger partial charge in [0.15, 0.2) is 6.29 Å². The second-order valence-electron chi connectivity index (χ2n) is 4.54. The second kappa shape index (κ2) is 7.37. The summed E-state index contributed by atoms with van der Waals surface area (Å²) in [5.41, 5.74) is 0.347. The number of anilines is 1. The third-order valence-corrected chi connectivity index (χ3v) is 3.26. The fourth-order valence-electron chi connectivity index (χ4n) is 2.01. The molecule has 1 aromatic carbocycles. The maximum atomic E-state index is 12.0. The van der Waals surface area contributed by atoms with Gasteiger partial charge >= 0.3 is 0 Å². The minimum atomic E-state index is -0.603. The number of hydrogen-bond acceptors (Lipinski definition) is 5. The highest BCUT2D eigenvalue weighted by Crippen LogP contribution is 2.23. The number of nitrogens with zero attached hydrogens (tertiary/aromatic N) is 3. The number of amides is 1. The zero-order valence-corrected chi connectivity index (χ0v) is 12.4. The lowest BCUT2D eigenvalue weighted by Crippen LogP contribution is -2.38. The number of hydrogen-bond donors (Lipinski definition) is 0. The summed E-state index contributed by atoms with van der Waals surface area (Å²) in [5.74, 6) is -0.0338. The van der Waals surface area contributed by atoms with E-state index in [0.29, 0.717) is 25.1 Å². The Labute approximate surface area is 123 Å². The van der Waals surface area contributed by atoms with Gasteiger partial charge in [-0.15, -0.1) is 0 Å². The second-order valence-corrected chi connectivity index (χ2v) is 4.54. The average molecular weight is 293 g/mol. The number of benzene rings is 1. The maximum Gasteiger partial charge on any atom is 0.280 e. The van der Waals surface area contributed by atoms with Crippen LogP contribution in [0.3, 0.4) is 0 Å². The molecule has 0 N–H and O–H groups in total. The Balaban J connectivity index is 2.93. The fraction of sp³-hybridized carbons (Fsp3) is 0.429. The van der Waals surface area contributed by atoms with E-state index in [2.05, 4.69) is 0 Å². The first-order chi connectivity index (χ1) is 9.94. The number of carbonyl (C=O) groups is 2. The van der Waals surface area contributed by atoms with Gasteiger partial charge in [-0.05, 0) is 26.0 Å². The van der Waals surface area contributed by atoms with Crippen molar-refractivity contribution in [2.24, 2.45) is 0 Å². The van der Waals surface area contributed by atoms with Gasteiger partial charge in [0.05, 0.1) is 17.0 Å². The molecule has 0 aliphatic heterocycles. The molecule has 114 valence electrons. The highest BCUT2D eigenvalue weighted by atomic mass is 16.6. The van der Waals surface area contributed by atoms with Gasteiger partial charge in [-0.3, -0.25) is 19.7 Å². The Morgan fingerprint density at radius 2 is 1.95 bits per heavy atom. The first kappa shape index (κ1) is 16.6. The van der Waals surface area contributed by atoms with Crippen molar-refractivity contribution in [3.63, 3.8) is 0 Å². The first-order valence-corrected chi connectivity index (χ1v) is 6.67. The van der Waals surface area contributed by atoms with E-state index < -0.39 is 4.92 Å². The molecule has 7 nitrogen and oxygen atoms in total. The topological polar surface area (TPSA) is 83.8 Å². The van der Waals surface area contributed by atoms with Crippen molar-refractivity contribution in [2.45, 2.75) is 13.8 Å². The molecule has 21 heavy (non-hydrogen) atoms. The van der Waals surface area contributed by atoms with Gasteiger partial charge in [0.2, 0.25) is 5.91 Å². The van der Waals surface area contributed by atoms with Gasteiger partial charge in [0, 0.05) is 31.9 Å². The normalized spacial score (nSPS) is 10.0. The van der Waals surface area contributed by atoms with E-state index in [1.165, 1.54) is 18.2 Å². The van der Waals surface area contributed by atoms with Gasteiger partial charge in [-0.25, -0.2) is 0 Å². The summed E-state index contributed by atoms with van der Waals surface area (Å²) in [5, 5.41) is 10.8. The summed E-state index contributed by atoms with van der Waals surface area (Å²) in [4.78, 5) is 36.5. The first-order valence-electron chi connectivity index (χ1n) is 6.67. The monoisotopic (exact) mass is 293 g/mol. The molecule has 0 aliphatic carbocycles. The zero-order chi connectivity index (χ0) is 16.0. The largest absolute Gasteiger partial charge is 0.365 e. The number of aldehydes is 1. The summed E-state index contributed by atoms with van der Waals surface area (Å²) in [6, 6.07) is 4.22. The minimum Gasteiger partial charge on any atom is -0.365 e. The lowest BCUT2D eigenvalue weighted by molar-refractivity contribution is -0.385. The molecular formula is C14H19N3O4. The zero-order valence-electron chi connectivity index (χ0n) is 12.4. The van der Waals surface area contributed by atoms with Gasteiger partial charge in [0.1, 0.15) is 0 Å². The molecule has 0 atom stereocenters. The van der Waals surface area contributed by atoms with E-state index in [1.54, 1.807) is 16.8 Å². The molecule has 0 radical (unpaired) electrons. The molecule has 0 fully saturated rings. The molecule has 7 heteroatoms. The quantitative estimate of drug-likeness (QED) is 0.434. The Kier molecular flexibility index (Phi) is 5.83. The molecule has 0 heterocycles. The molecule has 1 aromatic rings.